The van der Waals surface area contributed by atoms with E-state index in [1.54, 1.807) is 7.11 Å². The lowest BCUT2D eigenvalue weighted by atomic mass is 9.75. The van der Waals surface area contributed by atoms with Crippen molar-refractivity contribution in [2.75, 3.05) is 40.0 Å². The zero-order valence-electron chi connectivity index (χ0n) is 17.0. The SMILES string of the molecule is COCC1(CNC(=O)COC2CC(C)CCC2C(C)C)CCNCC1.Cl. The van der Waals surface area contributed by atoms with Gasteiger partial charge in [-0.3, -0.25) is 4.79 Å². The van der Waals surface area contributed by atoms with Crippen molar-refractivity contribution in [3.63, 3.8) is 0 Å². The molecule has 0 spiro atoms. The average Bonchev–Trinajstić information content (AvgIpc) is 2.59. The van der Waals surface area contributed by atoms with Crippen molar-refractivity contribution < 1.29 is 14.3 Å². The molecule has 1 saturated heterocycles. The number of carbonyl (C=O) groups is 1. The van der Waals surface area contributed by atoms with Crippen molar-refractivity contribution in [3.8, 4) is 0 Å². The fourth-order valence-corrected chi connectivity index (χ4v) is 4.46. The molecular formula is C20H39ClN2O3. The number of amides is 1. The van der Waals surface area contributed by atoms with Crippen LogP contribution in [-0.4, -0.2) is 52.0 Å². The van der Waals surface area contributed by atoms with Crippen molar-refractivity contribution in [2.24, 2.45) is 23.2 Å². The van der Waals surface area contributed by atoms with E-state index in [9.17, 15) is 4.79 Å². The Hall–Kier alpha value is -0.360. The number of piperidine rings is 1. The highest BCUT2D eigenvalue weighted by Gasteiger charge is 2.34. The first-order chi connectivity index (χ1) is 12.0. The van der Waals surface area contributed by atoms with Gasteiger partial charge in [0.1, 0.15) is 6.61 Å². The number of ether oxygens (including phenoxy) is 2. The minimum Gasteiger partial charge on any atom is -0.384 e. The molecule has 2 rings (SSSR count). The van der Waals surface area contributed by atoms with Crippen molar-refractivity contribution >= 4 is 18.3 Å². The van der Waals surface area contributed by atoms with Gasteiger partial charge in [-0.15, -0.1) is 12.4 Å². The van der Waals surface area contributed by atoms with Crippen LogP contribution in [0, 0.1) is 23.2 Å². The molecule has 3 atom stereocenters. The third-order valence-electron chi connectivity index (χ3n) is 6.17. The third kappa shape index (κ3) is 6.99. The Labute approximate surface area is 165 Å². The molecule has 0 bridgehead atoms. The summed E-state index contributed by atoms with van der Waals surface area (Å²) in [4.78, 5) is 12.3. The molecule has 2 fully saturated rings. The van der Waals surface area contributed by atoms with Gasteiger partial charge in [0, 0.05) is 19.1 Å². The molecule has 1 aliphatic carbocycles. The molecule has 3 unspecified atom stereocenters. The fourth-order valence-electron chi connectivity index (χ4n) is 4.46. The Morgan fingerprint density at radius 2 is 1.96 bits per heavy atom. The van der Waals surface area contributed by atoms with Gasteiger partial charge in [-0.25, -0.2) is 0 Å². The summed E-state index contributed by atoms with van der Waals surface area (Å²) >= 11 is 0. The van der Waals surface area contributed by atoms with E-state index in [2.05, 4.69) is 31.4 Å². The summed E-state index contributed by atoms with van der Waals surface area (Å²) in [6, 6.07) is 0. The summed E-state index contributed by atoms with van der Waals surface area (Å²) in [5.74, 6) is 1.89. The normalized spacial score (nSPS) is 28.4. The Morgan fingerprint density at radius 1 is 1.27 bits per heavy atom. The molecule has 2 N–H and O–H groups in total. The highest BCUT2D eigenvalue weighted by atomic mass is 35.5. The molecule has 1 saturated carbocycles. The quantitative estimate of drug-likeness (QED) is 0.668. The summed E-state index contributed by atoms with van der Waals surface area (Å²) in [6.07, 6.45) is 5.88. The maximum absolute atomic E-state index is 12.3. The lowest BCUT2D eigenvalue weighted by Crippen LogP contribution is -2.48. The molecule has 0 aromatic carbocycles. The van der Waals surface area contributed by atoms with Gasteiger partial charge in [-0.2, -0.15) is 0 Å². The number of hydrogen-bond donors (Lipinski definition) is 2. The standard InChI is InChI=1S/C20H38N2O3.ClH/c1-15(2)17-6-5-16(3)11-18(17)25-12-19(23)22-13-20(14-24-4)7-9-21-10-8-20;/h15-18,21H,5-14H2,1-4H3,(H,22,23);1H. The first-order valence-corrected chi connectivity index (χ1v) is 10.0. The van der Waals surface area contributed by atoms with Gasteiger partial charge >= 0.3 is 0 Å². The van der Waals surface area contributed by atoms with Crippen LogP contribution in [0.4, 0.5) is 0 Å². The van der Waals surface area contributed by atoms with E-state index < -0.39 is 0 Å². The average molecular weight is 391 g/mol. The molecule has 2 aliphatic rings. The zero-order valence-corrected chi connectivity index (χ0v) is 17.8. The van der Waals surface area contributed by atoms with Gasteiger partial charge in [-0.1, -0.05) is 27.2 Å². The predicted octanol–water partition coefficient (Wildman–Crippen LogP) is 3.02. The van der Waals surface area contributed by atoms with E-state index in [0.717, 1.165) is 32.4 Å². The summed E-state index contributed by atoms with van der Waals surface area (Å²) in [5, 5.41) is 6.48. The molecule has 5 nitrogen and oxygen atoms in total. The van der Waals surface area contributed by atoms with Crippen LogP contribution in [0.25, 0.3) is 0 Å². The highest BCUT2D eigenvalue weighted by Crippen LogP contribution is 2.35. The molecule has 6 heteroatoms. The van der Waals surface area contributed by atoms with Crippen molar-refractivity contribution in [1.29, 1.82) is 0 Å². The van der Waals surface area contributed by atoms with E-state index in [0.29, 0.717) is 30.9 Å². The van der Waals surface area contributed by atoms with E-state index in [1.165, 1.54) is 12.8 Å². The van der Waals surface area contributed by atoms with Crippen molar-refractivity contribution in [1.82, 2.24) is 10.6 Å². The van der Waals surface area contributed by atoms with Gasteiger partial charge in [0.15, 0.2) is 0 Å². The molecule has 154 valence electrons. The molecule has 1 aliphatic heterocycles. The molecule has 0 aromatic heterocycles. The summed E-state index contributed by atoms with van der Waals surface area (Å²) in [7, 11) is 1.74. The van der Waals surface area contributed by atoms with E-state index in [1.807, 2.05) is 0 Å². The summed E-state index contributed by atoms with van der Waals surface area (Å²) < 4.78 is 11.5. The minimum absolute atomic E-state index is 0. The molecule has 0 aromatic rings. The zero-order chi connectivity index (χ0) is 18.3. The second-order valence-corrected chi connectivity index (χ2v) is 8.64. The molecule has 26 heavy (non-hydrogen) atoms. The Kier molecular flexibility index (Phi) is 10.5. The number of carbonyl (C=O) groups excluding carboxylic acids is 1. The van der Waals surface area contributed by atoms with E-state index in [-0.39, 0.29) is 36.4 Å². The molecular weight excluding hydrogens is 352 g/mol. The topological polar surface area (TPSA) is 59.6 Å². The molecule has 1 heterocycles. The first-order valence-electron chi connectivity index (χ1n) is 10.0. The Bertz CT molecular complexity index is 408. The van der Waals surface area contributed by atoms with Crippen LogP contribution in [0.5, 0.6) is 0 Å². The van der Waals surface area contributed by atoms with Crippen LogP contribution in [0.2, 0.25) is 0 Å². The van der Waals surface area contributed by atoms with Gasteiger partial charge in [0.05, 0.1) is 12.7 Å². The van der Waals surface area contributed by atoms with Crippen molar-refractivity contribution in [2.45, 2.75) is 59.0 Å². The fraction of sp³-hybridized carbons (Fsp3) is 0.950. The van der Waals surface area contributed by atoms with Gasteiger partial charge < -0.3 is 20.1 Å². The van der Waals surface area contributed by atoms with Gasteiger partial charge in [0.2, 0.25) is 5.91 Å². The van der Waals surface area contributed by atoms with Crippen LogP contribution < -0.4 is 10.6 Å². The smallest absolute Gasteiger partial charge is 0.246 e. The van der Waals surface area contributed by atoms with Gasteiger partial charge in [-0.05, 0) is 56.5 Å². The van der Waals surface area contributed by atoms with Crippen LogP contribution in [0.1, 0.15) is 52.9 Å². The third-order valence-corrected chi connectivity index (χ3v) is 6.17. The Balaban J connectivity index is 0.00000338. The van der Waals surface area contributed by atoms with Gasteiger partial charge in [0.25, 0.3) is 0 Å². The molecule has 0 radical (unpaired) electrons. The number of methoxy groups -OCH3 is 1. The second-order valence-electron chi connectivity index (χ2n) is 8.64. The second kappa shape index (κ2) is 11.5. The monoisotopic (exact) mass is 390 g/mol. The maximum atomic E-state index is 12.3. The summed E-state index contributed by atoms with van der Waals surface area (Å²) in [6.45, 7) is 10.4. The van der Waals surface area contributed by atoms with Crippen LogP contribution in [0.3, 0.4) is 0 Å². The Morgan fingerprint density at radius 3 is 2.58 bits per heavy atom. The lowest BCUT2D eigenvalue weighted by Gasteiger charge is -2.38. The van der Waals surface area contributed by atoms with Crippen molar-refractivity contribution in [3.05, 3.63) is 0 Å². The van der Waals surface area contributed by atoms with Crippen LogP contribution in [-0.2, 0) is 14.3 Å². The first kappa shape index (κ1) is 23.7. The highest BCUT2D eigenvalue weighted by molar-refractivity contribution is 5.85. The number of rotatable bonds is 8. The number of nitrogens with one attached hydrogen (secondary N) is 2. The summed E-state index contributed by atoms with van der Waals surface area (Å²) in [5.41, 5.74) is 0.0650. The molecule has 1 amide bonds. The largest absolute Gasteiger partial charge is 0.384 e. The number of halogens is 1. The van der Waals surface area contributed by atoms with Crippen LogP contribution >= 0.6 is 12.4 Å². The number of hydrogen-bond acceptors (Lipinski definition) is 4. The minimum atomic E-state index is 0. The van der Waals surface area contributed by atoms with Crippen LogP contribution in [0.15, 0.2) is 0 Å². The maximum Gasteiger partial charge on any atom is 0.246 e. The predicted molar refractivity (Wildman–Crippen MR) is 108 cm³/mol. The van der Waals surface area contributed by atoms with E-state index >= 15 is 0 Å². The van der Waals surface area contributed by atoms with E-state index in [4.69, 9.17) is 9.47 Å². The lowest BCUT2D eigenvalue weighted by molar-refractivity contribution is -0.132.